The topological polar surface area (TPSA) is 126 Å². The molecule has 10 nitrogen and oxygen atoms in total. The van der Waals surface area contributed by atoms with Crippen molar-refractivity contribution in [2.24, 2.45) is 29.6 Å². The van der Waals surface area contributed by atoms with Crippen LogP contribution in [0.5, 0.6) is 5.75 Å². The number of carbonyl (C=O) groups excluding carboxylic acids is 1. The van der Waals surface area contributed by atoms with Gasteiger partial charge < -0.3 is 10.1 Å². The number of benzene rings is 4. The van der Waals surface area contributed by atoms with Crippen LogP contribution in [0.3, 0.4) is 0 Å². The van der Waals surface area contributed by atoms with E-state index in [4.69, 9.17) is 4.74 Å². The number of piperidine rings is 1. The Kier molecular flexibility index (Phi) is 9.78. The van der Waals surface area contributed by atoms with E-state index in [1.807, 2.05) is 30.3 Å². The van der Waals surface area contributed by atoms with Gasteiger partial charge in [-0.1, -0.05) is 48.5 Å². The van der Waals surface area contributed by atoms with Gasteiger partial charge in [0.1, 0.15) is 11.3 Å². The first kappa shape index (κ1) is 37.1. The molecule has 5 aliphatic rings. The maximum atomic E-state index is 15.0. The number of pyridine rings is 1. The largest absolute Gasteiger partial charge is 0.494 e. The summed E-state index contributed by atoms with van der Waals surface area (Å²) in [5.41, 5.74) is 1.13. The van der Waals surface area contributed by atoms with Crippen molar-refractivity contribution in [3.05, 3.63) is 103 Å². The predicted molar refractivity (Wildman–Crippen MR) is 218 cm³/mol. The lowest BCUT2D eigenvalue weighted by atomic mass is 9.51. The molecule has 0 spiro atoms. The molecule has 4 aliphatic carbocycles. The lowest BCUT2D eigenvalue weighted by molar-refractivity contribution is -0.0384. The first-order valence-corrected chi connectivity index (χ1v) is 22.8. The van der Waals surface area contributed by atoms with E-state index in [0.29, 0.717) is 58.3 Å². The van der Waals surface area contributed by atoms with Gasteiger partial charge in [0, 0.05) is 42.6 Å². The fourth-order valence-electron chi connectivity index (χ4n) is 10.7. The van der Waals surface area contributed by atoms with Crippen molar-refractivity contribution in [2.75, 3.05) is 31.0 Å². The van der Waals surface area contributed by atoms with Gasteiger partial charge in [0.2, 0.25) is 10.0 Å². The van der Waals surface area contributed by atoms with Crippen molar-refractivity contribution in [3.63, 3.8) is 0 Å². The third-order valence-corrected chi connectivity index (χ3v) is 17.0. The Morgan fingerprint density at radius 2 is 1.46 bits per heavy atom. The van der Waals surface area contributed by atoms with E-state index >= 15 is 0 Å². The molecule has 12 heteroatoms. The van der Waals surface area contributed by atoms with Gasteiger partial charge in [0.15, 0.2) is 0 Å². The summed E-state index contributed by atoms with van der Waals surface area (Å²) >= 11 is 0. The summed E-state index contributed by atoms with van der Waals surface area (Å²) < 4.78 is 66.2. The molecular weight excluding hydrogens is 745 g/mol. The number of methoxy groups -OCH3 is 1. The summed E-state index contributed by atoms with van der Waals surface area (Å²) in [5.74, 6) is 3.52. The van der Waals surface area contributed by atoms with Crippen LogP contribution in [0.15, 0.2) is 107 Å². The van der Waals surface area contributed by atoms with Crippen LogP contribution in [0.2, 0.25) is 0 Å². The van der Waals surface area contributed by atoms with E-state index in [-0.39, 0.29) is 46.9 Å². The number of carbonyl (C=O) groups is 1. The van der Waals surface area contributed by atoms with Crippen molar-refractivity contribution in [1.82, 2.24) is 14.6 Å². The lowest BCUT2D eigenvalue weighted by Gasteiger charge is -2.54. The van der Waals surface area contributed by atoms with E-state index in [9.17, 15) is 21.6 Å². The minimum absolute atomic E-state index is 0.166. The number of hydrogen-bond donors (Lipinski definition) is 1. The fourth-order valence-corrected chi connectivity index (χ4v) is 14.1. The number of ether oxygens (including phenoxy) is 1. The van der Waals surface area contributed by atoms with Gasteiger partial charge in [-0.05, 0) is 129 Å². The maximum Gasteiger partial charge on any atom is 0.264 e. The molecule has 56 heavy (non-hydrogen) atoms. The van der Waals surface area contributed by atoms with E-state index in [0.717, 1.165) is 23.6 Å². The Balaban J connectivity index is 0.969. The van der Waals surface area contributed by atoms with Crippen molar-refractivity contribution < 1.29 is 26.4 Å². The van der Waals surface area contributed by atoms with Crippen molar-refractivity contribution in [3.8, 4) is 5.75 Å². The zero-order valence-electron chi connectivity index (χ0n) is 31.6. The van der Waals surface area contributed by atoms with Crippen molar-refractivity contribution >= 4 is 53.3 Å². The summed E-state index contributed by atoms with van der Waals surface area (Å²) in [6.07, 6.45) is 9.53. The molecule has 5 aromatic rings. The van der Waals surface area contributed by atoms with Gasteiger partial charge in [-0.15, -0.1) is 0 Å². The Morgan fingerprint density at radius 3 is 2.21 bits per heavy atom. The quantitative estimate of drug-likeness (QED) is 0.146. The molecule has 0 atom stereocenters. The SMILES string of the molecule is COc1ccc(S(=O)(=O)N2CCC(NC(=O)c3ccccc3N(CCC3C4CC5CC(C4)CC3C5)S(=O)(=O)c3cccc4ccccc34)CC2)c2cccnc12. The Bertz CT molecular complexity index is 2480. The summed E-state index contributed by atoms with van der Waals surface area (Å²) in [4.78, 5) is 19.0. The first-order chi connectivity index (χ1) is 27.1. The summed E-state index contributed by atoms with van der Waals surface area (Å²) in [7, 11) is -6.44. The number of hydrogen-bond acceptors (Lipinski definition) is 7. The third-order valence-electron chi connectivity index (χ3n) is 13.1. The summed E-state index contributed by atoms with van der Waals surface area (Å²) in [6.45, 7) is 0.722. The number of sulfonamides is 2. The minimum atomic E-state index is -4.10. The number of fused-ring (bicyclic) bond motifs is 2. The molecule has 4 saturated carbocycles. The average molecular weight is 793 g/mol. The normalized spacial score (nSPS) is 24.1. The van der Waals surface area contributed by atoms with Crippen LogP contribution in [-0.4, -0.2) is 64.8 Å². The highest BCUT2D eigenvalue weighted by molar-refractivity contribution is 7.93. The molecule has 4 bridgehead atoms. The molecule has 0 unspecified atom stereocenters. The molecule has 0 radical (unpaired) electrons. The van der Waals surface area contributed by atoms with Crippen LogP contribution < -0.4 is 14.4 Å². The lowest BCUT2D eigenvalue weighted by Crippen LogP contribution is -2.47. The Hall–Kier alpha value is -4.52. The smallest absolute Gasteiger partial charge is 0.264 e. The minimum Gasteiger partial charge on any atom is -0.494 e. The molecule has 1 aromatic heterocycles. The number of aromatic nitrogens is 1. The van der Waals surface area contributed by atoms with Gasteiger partial charge >= 0.3 is 0 Å². The number of nitrogens with zero attached hydrogens (tertiary/aromatic N) is 3. The highest BCUT2D eigenvalue weighted by Crippen LogP contribution is 2.57. The van der Waals surface area contributed by atoms with E-state index in [1.54, 1.807) is 66.9 Å². The number of para-hydroxylation sites is 1. The second-order valence-corrected chi connectivity index (χ2v) is 20.0. The third kappa shape index (κ3) is 6.63. The Labute approximate surface area is 329 Å². The van der Waals surface area contributed by atoms with Crippen LogP contribution in [0.4, 0.5) is 5.69 Å². The number of nitrogens with one attached hydrogen (secondary N) is 1. The molecular formula is C44H48N4O6S2. The first-order valence-electron chi connectivity index (χ1n) is 19.9. The van der Waals surface area contributed by atoms with Gasteiger partial charge in [-0.25, -0.2) is 16.8 Å². The average Bonchev–Trinajstić information content (AvgIpc) is 3.21. The van der Waals surface area contributed by atoms with Crippen LogP contribution in [0, 0.1) is 29.6 Å². The van der Waals surface area contributed by atoms with Crippen LogP contribution >= 0.6 is 0 Å². The van der Waals surface area contributed by atoms with E-state index in [2.05, 4.69) is 10.3 Å². The Morgan fingerprint density at radius 1 is 0.786 bits per heavy atom. The molecule has 2 heterocycles. The van der Waals surface area contributed by atoms with Crippen LogP contribution in [-0.2, 0) is 20.0 Å². The summed E-state index contributed by atoms with van der Waals surface area (Å²) in [6, 6.07) is 26.2. The fraction of sp³-hybridized carbons (Fsp3) is 0.409. The molecule has 1 saturated heterocycles. The van der Waals surface area contributed by atoms with Crippen LogP contribution in [0.25, 0.3) is 21.7 Å². The van der Waals surface area contributed by atoms with Crippen molar-refractivity contribution in [1.29, 1.82) is 0 Å². The summed E-state index contributed by atoms with van der Waals surface area (Å²) in [5, 5.41) is 5.13. The second-order valence-electron chi connectivity index (χ2n) is 16.3. The van der Waals surface area contributed by atoms with Crippen LogP contribution in [0.1, 0.15) is 61.7 Å². The molecule has 1 aliphatic heterocycles. The van der Waals surface area contributed by atoms with Gasteiger partial charge in [0.25, 0.3) is 15.9 Å². The number of anilines is 1. The number of rotatable bonds is 11. The van der Waals surface area contributed by atoms with Gasteiger partial charge in [0.05, 0.1) is 28.2 Å². The molecule has 5 fully saturated rings. The van der Waals surface area contributed by atoms with Crippen molar-refractivity contribution in [2.45, 2.75) is 67.2 Å². The standard InChI is InChI=1S/C44H48N4O6S2/c1-54-40-15-16-42(38-12-7-20-45-43(38)40)55(50,51)47-21-17-34(18-22-47)46-44(49)37-11-4-5-13-39(37)48(23-19-35-32-25-29-24-30(27-32)28-33(35)26-29)56(52,53)41-14-6-9-31-8-2-3-10-36(31)41/h2-16,20,29-30,32-35H,17-19,21-28H2,1H3,(H,46,49). The van der Waals surface area contributed by atoms with E-state index in [1.165, 1.54) is 47.8 Å². The second kappa shape index (κ2) is 14.8. The number of amides is 1. The molecule has 4 aromatic carbocycles. The molecule has 1 N–H and O–H groups in total. The highest BCUT2D eigenvalue weighted by atomic mass is 32.2. The zero-order valence-corrected chi connectivity index (χ0v) is 33.2. The molecule has 10 rings (SSSR count). The molecule has 292 valence electrons. The monoisotopic (exact) mass is 792 g/mol. The zero-order chi connectivity index (χ0) is 38.6. The predicted octanol–water partition coefficient (Wildman–Crippen LogP) is 7.64. The van der Waals surface area contributed by atoms with E-state index < -0.39 is 20.0 Å². The molecule has 1 amide bonds. The highest BCUT2D eigenvalue weighted by Gasteiger charge is 2.48. The van der Waals surface area contributed by atoms with Gasteiger partial charge in [-0.3, -0.25) is 14.1 Å². The maximum absolute atomic E-state index is 15.0. The van der Waals surface area contributed by atoms with Gasteiger partial charge in [-0.2, -0.15) is 4.31 Å².